The van der Waals surface area contributed by atoms with Crippen LogP contribution in [0.5, 0.6) is 5.75 Å². The monoisotopic (exact) mass is 372 g/mol. The summed E-state index contributed by atoms with van der Waals surface area (Å²) in [4.78, 5) is 18.4. The van der Waals surface area contributed by atoms with E-state index in [-0.39, 0.29) is 5.43 Å². The second-order valence-electron chi connectivity index (χ2n) is 6.54. The maximum atomic E-state index is 12.6. The topological polar surface area (TPSA) is 45.3 Å². The van der Waals surface area contributed by atoms with Crippen molar-refractivity contribution in [2.45, 2.75) is 26.7 Å². The summed E-state index contributed by atoms with van der Waals surface area (Å²) in [6.45, 7) is 8.11. The highest BCUT2D eigenvalue weighted by Crippen LogP contribution is 2.22. The number of fused-ring (bicyclic) bond motifs is 2. The zero-order valence-electron chi connectivity index (χ0n) is 15.3. The van der Waals surface area contributed by atoms with Crippen LogP contribution in [0.3, 0.4) is 0 Å². The number of halogens is 1. The fourth-order valence-corrected chi connectivity index (χ4v) is 3.46. The van der Waals surface area contributed by atoms with Gasteiger partial charge >= 0.3 is 0 Å². The van der Waals surface area contributed by atoms with E-state index in [0.29, 0.717) is 22.4 Å². The minimum atomic E-state index is 0.00836. The van der Waals surface area contributed by atoms with Crippen LogP contribution in [0.25, 0.3) is 21.8 Å². The Hall–Kier alpha value is -2.04. The molecule has 138 valence electrons. The third-order valence-corrected chi connectivity index (χ3v) is 4.72. The number of pyridine rings is 1. The largest absolute Gasteiger partial charge is 0.492 e. The summed E-state index contributed by atoms with van der Waals surface area (Å²) in [5, 5.41) is 1.91. The van der Waals surface area contributed by atoms with E-state index in [9.17, 15) is 4.79 Å². The molecule has 5 heteroatoms. The zero-order chi connectivity index (χ0) is 18.5. The number of nitrogens with zero attached hydrogens (tertiary/aromatic N) is 1. The van der Waals surface area contributed by atoms with Crippen molar-refractivity contribution >= 4 is 33.4 Å². The smallest absolute Gasteiger partial charge is 0.197 e. The molecular formula is C21H25ClN2O2. The van der Waals surface area contributed by atoms with Gasteiger partial charge in [0.05, 0.1) is 11.0 Å². The third kappa shape index (κ3) is 4.19. The highest BCUT2D eigenvalue weighted by Gasteiger charge is 2.08. The molecule has 0 unspecified atom stereocenters. The van der Waals surface area contributed by atoms with Gasteiger partial charge < -0.3 is 9.72 Å². The second kappa shape index (κ2) is 8.56. The Balaban J connectivity index is 1.80. The summed E-state index contributed by atoms with van der Waals surface area (Å²) in [6.07, 6.45) is 2.29. The van der Waals surface area contributed by atoms with Crippen molar-refractivity contribution < 1.29 is 4.74 Å². The Morgan fingerprint density at radius 3 is 2.31 bits per heavy atom. The normalized spacial score (nSPS) is 11.5. The molecular weight excluding hydrogens is 348 g/mol. The molecule has 0 radical (unpaired) electrons. The van der Waals surface area contributed by atoms with Crippen molar-refractivity contribution in [2.24, 2.45) is 0 Å². The molecule has 26 heavy (non-hydrogen) atoms. The molecule has 0 saturated heterocycles. The maximum Gasteiger partial charge on any atom is 0.197 e. The summed E-state index contributed by atoms with van der Waals surface area (Å²) in [6, 6.07) is 10.9. The van der Waals surface area contributed by atoms with E-state index >= 15 is 0 Å². The second-order valence-corrected chi connectivity index (χ2v) is 6.98. The first-order valence-electron chi connectivity index (χ1n) is 9.22. The van der Waals surface area contributed by atoms with E-state index in [0.717, 1.165) is 49.3 Å². The lowest BCUT2D eigenvalue weighted by Crippen LogP contribution is -2.30. The van der Waals surface area contributed by atoms with Gasteiger partial charge in [0.15, 0.2) is 5.43 Å². The molecule has 1 heterocycles. The summed E-state index contributed by atoms with van der Waals surface area (Å²) in [5.74, 6) is 0.766. The van der Waals surface area contributed by atoms with Gasteiger partial charge in [0, 0.05) is 28.4 Å². The van der Waals surface area contributed by atoms with Crippen molar-refractivity contribution in [1.82, 2.24) is 9.88 Å². The molecule has 0 fully saturated rings. The van der Waals surface area contributed by atoms with Crippen molar-refractivity contribution in [3.8, 4) is 5.75 Å². The standard InChI is InChI=1S/C21H25ClN2O2/c1-3-9-24(10-4-2)11-12-26-16-6-8-18-20(14-16)23-19-13-15(22)5-7-17(19)21(18)25/h5-8,13-14H,3-4,9-12H2,1-2H3,(H,23,25). The number of aromatic nitrogens is 1. The van der Waals surface area contributed by atoms with Crippen molar-refractivity contribution in [1.29, 1.82) is 0 Å². The van der Waals surface area contributed by atoms with Gasteiger partial charge in [-0.25, -0.2) is 0 Å². The Kier molecular flexibility index (Phi) is 6.17. The van der Waals surface area contributed by atoms with E-state index < -0.39 is 0 Å². The molecule has 2 aromatic carbocycles. The lowest BCUT2D eigenvalue weighted by molar-refractivity contribution is 0.209. The van der Waals surface area contributed by atoms with E-state index in [1.807, 2.05) is 18.2 Å². The molecule has 0 saturated carbocycles. The van der Waals surface area contributed by atoms with Gasteiger partial charge in [0.1, 0.15) is 12.4 Å². The first kappa shape index (κ1) is 18.7. The number of hydrogen-bond acceptors (Lipinski definition) is 3. The Morgan fingerprint density at radius 2 is 1.62 bits per heavy atom. The van der Waals surface area contributed by atoms with Gasteiger partial charge in [-0.15, -0.1) is 0 Å². The molecule has 3 aromatic rings. The molecule has 0 aliphatic rings. The summed E-state index contributed by atoms with van der Waals surface area (Å²) >= 11 is 6.05. The quantitative estimate of drug-likeness (QED) is 0.576. The number of rotatable bonds is 8. The average Bonchev–Trinajstić information content (AvgIpc) is 2.62. The number of ether oxygens (including phenoxy) is 1. The van der Waals surface area contributed by atoms with Gasteiger partial charge in [-0.05, 0) is 56.3 Å². The number of aromatic amines is 1. The molecule has 0 atom stereocenters. The highest BCUT2D eigenvalue weighted by molar-refractivity contribution is 6.31. The maximum absolute atomic E-state index is 12.6. The fourth-order valence-electron chi connectivity index (χ4n) is 3.28. The lowest BCUT2D eigenvalue weighted by Gasteiger charge is -2.20. The third-order valence-electron chi connectivity index (χ3n) is 4.49. The number of H-pyrrole nitrogens is 1. The molecule has 1 N–H and O–H groups in total. The molecule has 0 amide bonds. The predicted octanol–water partition coefficient (Wildman–Crippen LogP) is 4.84. The number of nitrogens with one attached hydrogen (secondary N) is 1. The van der Waals surface area contributed by atoms with Crippen LogP contribution in [-0.4, -0.2) is 36.1 Å². The van der Waals surface area contributed by atoms with Crippen LogP contribution in [-0.2, 0) is 0 Å². The Labute approximate surface area is 158 Å². The van der Waals surface area contributed by atoms with E-state index in [1.165, 1.54) is 0 Å². The first-order chi connectivity index (χ1) is 12.6. The molecule has 3 rings (SSSR count). The summed E-state index contributed by atoms with van der Waals surface area (Å²) in [7, 11) is 0. The van der Waals surface area contributed by atoms with Gasteiger partial charge in [-0.3, -0.25) is 9.69 Å². The van der Waals surface area contributed by atoms with Crippen LogP contribution in [0.2, 0.25) is 5.02 Å². The zero-order valence-corrected chi connectivity index (χ0v) is 16.1. The van der Waals surface area contributed by atoms with Crippen LogP contribution in [0.1, 0.15) is 26.7 Å². The van der Waals surface area contributed by atoms with Crippen molar-refractivity contribution in [2.75, 3.05) is 26.2 Å². The number of benzene rings is 2. The molecule has 0 bridgehead atoms. The fraction of sp³-hybridized carbons (Fsp3) is 0.381. The van der Waals surface area contributed by atoms with Gasteiger partial charge in [0.25, 0.3) is 0 Å². The summed E-state index contributed by atoms with van der Waals surface area (Å²) in [5.41, 5.74) is 1.51. The lowest BCUT2D eigenvalue weighted by atomic mass is 10.1. The van der Waals surface area contributed by atoms with E-state index in [1.54, 1.807) is 18.2 Å². The van der Waals surface area contributed by atoms with Crippen LogP contribution < -0.4 is 10.2 Å². The van der Waals surface area contributed by atoms with Crippen molar-refractivity contribution in [3.63, 3.8) is 0 Å². The minimum absolute atomic E-state index is 0.00836. The van der Waals surface area contributed by atoms with Crippen LogP contribution >= 0.6 is 11.6 Å². The Bertz CT molecular complexity index is 946. The number of hydrogen-bond donors (Lipinski definition) is 1. The Morgan fingerprint density at radius 1 is 0.962 bits per heavy atom. The molecule has 0 aliphatic carbocycles. The van der Waals surface area contributed by atoms with Gasteiger partial charge in [-0.2, -0.15) is 0 Å². The molecule has 4 nitrogen and oxygen atoms in total. The molecule has 0 aliphatic heterocycles. The van der Waals surface area contributed by atoms with Crippen molar-refractivity contribution in [3.05, 3.63) is 51.6 Å². The minimum Gasteiger partial charge on any atom is -0.492 e. The SMILES string of the molecule is CCCN(CCC)CCOc1ccc2c(=O)c3ccc(Cl)cc3[nH]c2c1. The van der Waals surface area contributed by atoms with Gasteiger partial charge in [0.2, 0.25) is 0 Å². The summed E-state index contributed by atoms with van der Waals surface area (Å²) < 4.78 is 5.92. The van der Waals surface area contributed by atoms with Crippen LogP contribution in [0.4, 0.5) is 0 Å². The predicted molar refractivity (Wildman–Crippen MR) is 110 cm³/mol. The van der Waals surface area contributed by atoms with E-state index in [2.05, 4.69) is 23.7 Å². The van der Waals surface area contributed by atoms with Gasteiger partial charge in [-0.1, -0.05) is 25.4 Å². The molecule has 1 aromatic heterocycles. The first-order valence-corrected chi connectivity index (χ1v) is 9.60. The highest BCUT2D eigenvalue weighted by atomic mass is 35.5. The molecule has 0 spiro atoms. The average molecular weight is 373 g/mol. The van der Waals surface area contributed by atoms with E-state index in [4.69, 9.17) is 16.3 Å². The van der Waals surface area contributed by atoms with Crippen LogP contribution in [0.15, 0.2) is 41.2 Å². The van der Waals surface area contributed by atoms with Crippen LogP contribution in [0, 0.1) is 0 Å².